The summed E-state index contributed by atoms with van der Waals surface area (Å²) in [7, 11) is -3.35. The fourth-order valence-corrected chi connectivity index (χ4v) is 5.69. The Morgan fingerprint density at radius 2 is 1.77 bits per heavy atom. The van der Waals surface area contributed by atoms with Crippen molar-refractivity contribution in [1.29, 1.82) is 0 Å². The Labute approximate surface area is 145 Å². The van der Waals surface area contributed by atoms with E-state index in [1.807, 2.05) is 13.8 Å². The molecule has 3 nitrogen and oxygen atoms in total. The molecular weight excluding hydrogens is 367 g/mol. The first kappa shape index (κ1) is 18.1. The molecule has 0 amide bonds. The molecule has 0 aliphatic carbocycles. The van der Waals surface area contributed by atoms with Crippen molar-refractivity contribution in [3.63, 3.8) is 0 Å². The van der Waals surface area contributed by atoms with Crippen LogP contribution in [0.2, 0.25) is 0 Å². The van der Waals surface area contributed by atoms with E-state index in [1.165, 1.54) is 6.07 Å². The van der Waals surface area contributed by atoms with Gasteiger partial charge in [0, 0.05) is 5.56 Å². The van der Waals surface area contributed by atoms with Crippen LogP contribution >= 0.6 is 34.8 Å². The molecule has 0 unspecified atom stereocenters. The summed E-state index contributed by atoms with van der Waals surface area (Å²) >= 11 is 17.1. The molecule has 22 heavy (non-hydrogen) atoms. The highest BCUT2D eigenvalue weighted by atomic mass is 35.6. The molecule has 7 heteroatoms. The fourth-order valence-electron chi connectivity index (χ4n) is 3.11. The second kappa shape index (κ2) is 5.37. The molecule has 2 rings (SSSR count). The molecule has 1 aliphatic rings. The van der Waals surface area contributed by atoms with Crippen molar-refractivity contribution >= 4 is 50.4 Å². The van der Waals surface area contributed by atoms with E-state index in [0.717, 1.165) is 0 Å². The van der Waals surface area contributed by atoms with Crippen LogP contribution in [0.5, 0.6) is 0 Å². The first-order chi connectivity index (χ1) is 9.79. The molecule has 0 N–H and O–H groups in total. The predicted molar refractivity (Wildman–Crippen MR) is 90.2 cm³/mol. The minimum absolute atomic E-state index is 0.102. The van der Waals surface area contributed by atoms with Gasteiger partial charge in [-0.15, -0.1) is 0 Å². The highest BCUT2D eigenvalue weighted by Crippen LogP contribution is 2.44. The Balaban J connectivity index is 2.88. The van der Waals surface area contributed by atoms with Crippen molar-refractivity contribution in [1.82, 2.24) is 0 Å². The fraction of sp³-hybridized carbons (Fsp3) is 0.533. The van der Waals surface area contributed by atoms with Gasteiger partial charge in [0.25, 0.3) is 3.79 Å². The summed E-state index contributed by atoms with van der Waals surface area (Å²) in [6.45, 7) is 7.32. The largest absolute Gasteiger partial charge is 0.289 e. The molecule has 0 radical (unpaired) electrons. The molecular formula is C15H17Cl3O3S. The number of sulfone groups is 1. The average Bonchev–Trinajstić information content (AvgIpc) is 2.35. The topological polar surface area (TPSA) is 51.2 Å². The van der Waals surface area contributed by atoms with E-state index in [-0.39, 0.29) is 16.7 Å². The highest BCUT2D eigenvalue weighted by molar-refractivity contribution is 7.91. The van der Waals surface area contributed by atoms with Gasteiger partial charge in [0.05, 0.1) is 10.6 Å². The maximum atomic E-state index is 12.4. The number of carbonyl (C=O) groups excluding carboxylic acids is 1. The number of ketones is 1. The molecule has 0 saturated heterocycles. The molecule has 1 aromatic carbocycles. The van der Waals surface area contributed by atoms with Gasteiger partial charge in [0.15, 0.2) is 9.84 Å². The lowest BCUT2D eigenvalue weighted by atomic mass is 9.77. The number of rotatable bonds is 1. The van der Waals surface area contributed by atoms with Gasteiger partial charge < -0.3 is 0 Å². The zero-order valence-corrected chi connectivity index (χ0v) is 15.8. The van der Waals surface area contributed by atoms with Crippen LogP contribution in [0.4, 0.5) is 0 Å². The number of hydrogen-bond donors (Lipinski definition) is 0. The van der Waals surface area contributed by atoms with Crippen LogP contribution in [0.15, 0.2) is 11.0 Å². The summed E-state index contributed by atoms with van der Waals surface area (Å²) in [6.07, 6.45) is 0.494. The van der Waals surface area contributed by atoms with E-state index in [0.29, 0.717) is 28.0 Å². The molecule has 122 valence electrons. The molecule has 0 atom stereocenters. The van der Waals surface area contributed by atoms with Gasteiger partial charge in [-0.05, 0) is 48.4 Å². The maximum Gasteiger partial charge on any atom is 0.253 e. The third-order valence-corrected chi connectivity index (χ3v) is 6.62. The summed E-state index contributed by atoms with van der Waals surface area (Å²) in [4.78, 5) is 12.7. The van der Waals surface area contributed by atoms with Crippen molar-refractivity contribution in [2.75, 3.05) is 5.75 Å². The van der Waals surface area contributed by atoms with E-state index >= 15 is 0 Å². The number of halogens is 3. The van der Waals surface area contributed by atoms with Gasteiger partial charge in [-0.1, -0.05) is 48.7 Å². The van der Waals surface area contributed by atoms with Crippen molar-refractivity contribution in [2.45, 2.75) is 48.2 Å². The minimum atomic E-state index is -3.35. The average molecular weight is 384 g/mol. The Bertz CT molecular complexity index is 759. The first-order valence-corrected chi connectivity index (χ1v) is 9.56. The lowest BCUT2D eigenvalue weighted by Crippen LogP contribution is -2.33. The smallest absolute Gasteiger partial charge is 0.253 e. The van der Waals surface area contributed by atoms with E-state index in [9.17, 15) is 13.2 Å². The minimum Gasteiger partial charge on any atom is -0.289 e. The third kappa shape index (κ3) is 2.91. The first-order valence-electron chi connectivity index (χ1n) is 6.78. The number of hydrogen-bond acceptors (Lipinski definition) is 3. The van der Waals surface area contributed by atoms with Crippen LogP contribution in [-0.4, -0.2) is 23.7 Å². The molecule has 1 aromatic rings. The highest BCUT2D eigenvalue weighted by Gasteiger charge is 2.41. The van der Waals surface area contributed by atoms with E-state index in [4.69, 9.17) is 34.8 Å². The van der Waals surface area contributed by atoms with Crippen molar-refractivity contribution in [2.24, 2.45) is 0 Å². The monoisotopic (exact) mass is 382 g/mol. The number of fused-ring (bicyclic) bond motifs is 1. The van der Waals surface area contributed by atoms with Gasteiger partial charge in [-0.2, -0.15) is 0 Å². The Hall–Kier alpha value is -0.290. The lowest BCUT2D eigenvalue weighted by Gasteiger charge is -2.35. The summed E-state index contributed by atoms with van der Waals surface area (Å²) in [6, 6.07) is 1.51. The Morgan fingerprint density at radius 3 is 2.27 bits per heavy atom. The zero-order chi connectivity index (χ0) is 17.1. The zero-order valence-electron chi connectivity index (χ0n) is 12.8. The van der Waals surface area contributed by atoms with Crippen LogP contribution in [0.1, 0.15) is 47.3 Å². The summed E-state index contributed by atoms with van der Waals surface area (Å²) in [5, 5.41) is 0. The van der Waals surface area contributed by atoms with Gasteiger partial charge in [-0.25, -0.2) is 8.42 Å². The van der Waals surface area contributed by atoms with Crippen LogP contribution in [0, 0.1) is 13.8 Å². The van der Waals surface area contributed by atoms with Gasteiger partial charge >= 0.3 is 0 Å². The van der Waals surface area contributed by atoms with Gasteiger partial charge in [0.2, 0.25) is 5.78 Å². The predicted octanol–water partition coefficient (Wildman–Crippen LogP) is 4.31. The Morgan fingerprint density at radius 1 is 1.23 bits per heavy atom. The molecule has 0 spiro atoms. The van der Waals surface area contributed by atoms with Crippen LogP contribution in [0.3, 0.4) is 0 Å². The molecule has 0 aromatic heterocycles. The molecule has 0 fully saturated rings. The van der Waals surface area contributed by atoms with Gasteiger partial charge in [0.1, 0.15) is 0 Å². The van der Waals surface area contributed by atoms with Crippen LogP contribution in [-0.2, 0) is 15.3 Å². The normalized spacial score (nSPS) is 19.6. The number of aryl methyl sites for hydroxylation is 1. The van der Waals surface area contributed by atoms with Crippen molar-refractivity contribution in [3.8, 4) is 0 Å². The van der Waals surface area contributed by atoms with E-state index in [2.05, 4.69) is 0 Å². The van der Waals surface area contributed by atoms with Crippen molar-refractivity contribution in [3.05, 3.63) is 28.3 Å². The summed E-state index contributed by atoms with van der Waals surface area (Å²) < 4.78 is 22.8. The van der Waals surface area contributed by atoms with Crippen molar-refractivity contribution < 1.29 is 13.2 Å². The standard InChI is InChI=1S/C15H17Cl3O3S/c1-8-7-10(13(19)15(16,17)18)9(2)11-12(8)22(20,21)6-5-14(11,3)4/h7H,5-6H2,1-4H3. The molecule has 0 saturated carbocycles. The molecule has 0 bridgehead atoms. The Kier molecular flexibility index (Phi) is 4.41. The number of Topliss-reactive ketones (excluding diaryl/α,β-unsaturated/α-hetero) is 1. The quantitative estimate of drug-likeness (QED) is 0.536. The lowest BCUT2D eigenvalue weighted by molar-refractivity contribution is 0.0995. The molecule has 1 aliphatic heterocycles. The van der Waals surface area contributed by atoms with E-state index in [1.54, 1.807) is 13.8 Å². The summed E-state index contributed by atoms with van der Waals surface area (Å²) in [5.41, 5.74) is 1.66. The third-order valence-electron chi connectivity index (χ3n) is 4.21. The second-order valence-electron chi connectivity index (χ2n) is 6.35. The number of alkyl halides is 3. The number of carbonyl (C=O) groups is 1. The van der Waals surface area contributed by atoms with Crippen LogP contribution in [0.25, 0.3) is 0 Å². The second-order valence-corrected chi connectivity index (χ2v) is 10.7. The summed E-state index contributed by atoms with van der Waals surface area (Å²) in [5.74, 6) is -0.537. The van der Waals surface area contributed by atoms with Crippen LogP contribution < -0.4 is 0 Å². The van der Waals surface area contributed by atoms with E-state index < -0.39 is 19.4 Å². The van der Waals surface area contributed by atoms with Gasteiger partial charge in [-0.3, -0.25) is 4.79 Å². The maximum absolute atomic E-state index is 12.4. The SMILES string of the molecule is Cc1cc(C(=O)C(Cl)(Cl)Cl)c(C)c2c1S(=O)(=O)CCC2(C)C. The molecule has 1 heterocycles. The number of benzene rings is 1.